The number of aromatic nitrogens is 1. The van der Waals surface area contributed by atoms with E-state index in [1.165, 1.54) is 0 Å². The molecular formula is C12H16N4O. The topological polar surface area (TPSA) is 69.0 Å². The van der Waals surface area contributed by atoms with Gasteiger partial charge in [0.05, 0.1) is 0 Å². The summed E-state index contributed by atoms with van der Waals surface area (Å²) in [6.07, 6.45) is 0. The number of likely N-dealkylation sites (N-methyl/N-ethyl adjacent to an activating group) is 1. The van der Waals surface area contributed by atoms with Crippen molar-refractivity contribution in [2.75, 3.05) is 18.9 Å². The first kappa shape index (κ1) is 13.0. The third-order valence-corrected chi connectivity index (χ3v) is 2.45. The van der Waals surface area contributed by atoms with Gasteiger partial charge < -0.3 is 10.2 Å². The Balaban J connectivity index is 2.71. The molecule has 5 nitrogen and oxygen atoms in total. The van der Waals surface area contributed by atoms with Crippen LogP contribution >= 0.6 is 0 Å². The molecule has 0 saturated carbocycles. The van der Waals surface area contributed by atoms with Gasteiger partial charge in [0.25, 0.3) is 0 Å². The molecule has 1 rings (SSSR count). The number of nitriles is 1. The van der Waals surface area contributed by atoms with Crippen LogP contribution in [0.4, 0.5) is 5.82 Å². The fourth-order valence-corrected chi connectivity index (χ4v) is 1.35. The molecule has 0 aromatic carbocycles. The Kier molecular flexibility index (Phi) is 4.46. The minimum Gasteiger partial charge on any atom is -0.359 e. The Morgan fingerprint density at radius 1 is 1.65 bits per heavy atom. The number of nitrogens with one attached hydrogen (secondary N) is 1. The van der Waals surface area contributed by atoms with E-state index in [0.717, 1.165) is 0 Å². The number of hydrogen-bond acceptors (Lipinski definition) is 4. The van der Waals surface area contributed by atoms with Gasteiger partial charge >= 0.3 is 0 Å². The highest BCUT2D eigenvalue weighted by molar-refractivity contribution is 5.83. The van der Waals surface area contributed by atoms with Crippen LogP contribution in [0.3, 0.4) is 0 Å². The van der Waals surface area contributed by atoms with E-state index in [9.17, 15) is 4.79 Å². The molecular weight excluding hydrogens is 216 g/mol. The maximum Gasteiger partial charge on any atom is 0.244 e. The normalized spacial score (nSPS) is 11.4. The van der Waals surface area contributed by atoms with Gasteiger partial charge in [-0.2, -0.15) is 5.26 Å². The van der Waals surface area contributed by atoms with Crippen molar-refractivity contribution in [2.24, 2.45) is 0 Å². The van der Waals surface area contributed by atoms with Crippen LogP contribution in [0.1, 0.15) is 19.5 Å². The van der Waals surface area contributed by atoms with Crippen LogP contribution in [-0.2, 0) is 4.79 Å². The number of hydrogen-bond donors (Lipinski definition) is 1. The van der Waals surface area contributed by atoms with Crippen LogP contribution in [0.15, 0.2) is 18.2 Å². The third kappa shape index (κ3) is 3.45. The average Bonchev–Trinajstić information content (AvgIpc) is 2.37. The molecule has 0 radical (unpaired) electrons. The molecule has 1 atom stereocenters. The van der Waals surface area contributed by atoms with Gasteiger partial charge in [-0.25, -0.2) is 4.98 Å². The predicted octanol–water partition coefficient (Wildman–Crippen LogP) is 1.23. The first-order chi connectivity index (χ1) is 8.08. The van der Waals surface area contributed by atoms with E-state index in [4.69, 9.17) is 5.26 Å². The Bertz CT molecular complexity index is 438. The van der Waals surface area contributed by atoms with E-state index in [0.29, 0.717) is 18.1 Å². The van der Waals surface area contributed by atoms with E-state index in [2.05, 4.69) is 10.3 Å². The maximum atomic E-state index is 11.8. The zero-order valence-corrected chi connectivity index (χ0v) is 10.3. The summed E-state index contributed by atoms with van der Waals surface area (Å²) in [5.41, 5.74) is 0.332. The summed E-state index contributed by atoms with van der Waals surface area (Å²) in [7, 11) is 1.75. The van der Waals surface area contributed by atoms with Crippen LogP contribution in [0.2, 0.25) is 0 Å². The second-order valence-corrected chi connectivity index (χ2v) is 3.74. The molecule has 1 aromatic heterocycles. The quantitative estimate of drug-likeness (QED) is 0.847. The SMILES string of the molecule is CCN(C)C(=O)C(C)Nc1cccc(C#N)n1. The lowest BCUT2D eigenvalue weighted by Crippen LogP contribution is -2.39. The highest BCUT2D eigenvalue weighted by atomic mass is 16.2. The molecule has 1 N–H and O–H groups in total. The predicted molar refractivity (Wildman–Crippen MR) is 65.3 cm³/mol. The smallest absolute Gasteiger partial charge is 0.244 e. The van der Waals surface area contributed by atoms with Crippen LogP contribution in [0.5, 0.6) is 0 Å². The molecule has 0 aliphatic heterocycles. The Morgan fingerprint density at radius 3 is 2.94 bits per heavy atom. The molecule has 90 valence electrons. The second-order valence-electron chi connectivity index (χ2n) is 3.74. The number of pyridine rings is 1. The molecule has 0 spiro atoms. The van der Waals surface area contributed by atoms with E-state index >= 15 is 0 Å². The molecule has 1 amide bonds. The van der Waals surface area contributed by atoms with Crippen molar-refractivity contribution in [3.05, 3.63) is 23.9 Å². The number of rotatable bonds is 4. The zero-order chi connectivity index (χ0) is 12.8. The van der Waals surface area contributed by atoms with Crippen molar-refractivity contribution >= 4 is 11.7 Å². The Morgan fingerprint density at radius 2 is 2.35 bits per heavy atom. The van der Waals surface area contributed by atoms with Gasteiger partial charge in [-0.3, -0.25) is 4.79 Å². The van der Waals surface area contributed by atoms with Crippen LogP contribution in [-0.4, -0.2) is 35.4 Å². The lowest BCUT2D eigenvalue weighted by Gasteiger charge is -2.20. The van der Waals surface area contributed by atoms with Crippen molar-refractivity contribution in [1.29, 1.82) is 5.26 Å². The number of anilines is 1. The van der Waals surface area contributed by atoms with Crippen molar-refractivity contribution in [2.45, 2.75) is 19.9 Å². The highest BCUT2D eigenvalue weighted by Crippen LogP contribution is 2.06. The van der Waals surface area contributed by atoms with Gasteiger partial charge in [0.1, 0.15) is 23.6 Å². The molecule has 0 aliphatic rings. The Hall–Kier alpha value is -2.09. The number of carbonyl (C=O) groups excluding carboxylic acids is 1. The van der Waals surface area contributed by atoms with Gasteiger partial charge in [0.2, 0.25) is 5.91 Å². The minimum absolute atomic E-state index is 0.00309. The van der Waals surface area contributed by atoms with Crippen LogP contribution in [0, 0.1) is 11.3 Å². The van der Waals surface area contributed by atoms with Gasteiger partial charge in [-0.1, -0.05) is 6.07 Å². The summed E-state index contributed by atoms with van der Waals surface area (Å²) in [6.45, 7) is 4.35. The molecule has 0 saturated heterocycles. The molecule has 0 aliphatic carbocycles. The van der Waals surface area contributed by atoms with Crippen LogP contribution in [0.25, 0.3) is 0 Å². The molecule has 0 fully saturated rings. The van der Waals surface area contributed by atoms with Gasteiger partial charge in [0, 0.05) is 13.6 Å². The van der Waals surface area contributed by atoms with Gasteiger partial charge in [-0.15, -0.1) is 0 Å². The molecule has 17 heavy (non-hydrogen) atoms. The van der Waals surface area contributed by atoms with E-state index in [1.54, 1.807) is 37.1 Å². The fourth-order valence-electron chi connectivity index (χ4n) is 1.35. The summed E-state index contributed by atoms with van der Waals surface area (Å²) >= 11 is 0. The van der Waals surface area contributed by atoms with Crippen molar-refractivity contribution in [1.82, 2.24) is 9.88 Å². The number of amides is 1. The average molecular weight is 232 g/mol. The molecule has 1 aromatic rings. The summed E-state index contributed by atoms with van der Waals surface area (Å²) < 4.78 is 0. The highest BCUT2D eigenvalue weighted by Gasteiger charge is 2.16. The summed E-state index contributed by atoms with van der Waals surface area (Å²) in [5, 5.41) is 11.7. The van der Waals surface area contributed by atoms with E-state index in [1.807, 2.05) is 13.0 Å². The van der Waals surface area contributed by atoms with Crippen molar-refractivity contribution in [3.8, 4) is 6.07 Å². The van der Waals surface area contributed by atoms with Crippen LogP contribution < -0.4 is 5.32 Å². The minimum atomic E-state index is -0.360. The second kappa shape index (κ2) is 5.85. The summed E-state index contributed by atoms with van der Waals surface area (Å²) in [6, 6.07) is 6.68. The molecule has 1 heterocycles. The number of nitrogens with zero attached hydrogens (tertiary/aromatic N) is 3. The number of carbonyl (C=O) groups is 1. The van der Waals surface area contributed by atoms with Gasteiger partial charge in [-0.05, 0) is 26.0 Å². The monoisotopic (exact) mass is 232 g/mol. The largest absolute Gasteiger partial charge is 0.359 e. The molecule has 1 unspecified atom stereocenters. The lowest BCUT2D eigenvalue weighted by molar-refractivity contribution is -0.130. The van der Waals surface area contributed by atoms with E-state index in [-0.39, 0.29) is 11.9 Å². The summed E-state index contributed by atoms with van der Waals surface area (Å²) in [5.74, 6) is 0.533. The zero-order valence-electron chi connectivity index (χ0n) is 10.3. The Labute approximate surface area is 101 Å². The fraction of sp³-hybridized carbons (Fsp3) is 0.417. The van der Waals surface area contributed by atoms with Gasteiger partial charge in [0.15, 0.2) is 0 Å². The first-order valence-electron chi connectivity index (χ1n) is 5.47. The van der Waals surface area contributed by atoms with E-state index < -0.39 is 0 Å². The lowest BCUT2D eigenvalue weighted by atomic mass is 10.3. The molecule has 5 heteroatoms. The van der Waals surface area contributed by atoms with Crippen molar-refractivity contribution in [3.63, 3.8) is 0 Å². The first-order valence-corrected chi connectivity index (χ1v) is 5.47. The third-order valence-electron chi connectivity index (χ3n) is 2.45. The van der Waals surface area contributed by atoms with Crippen molar-refractivity contribution < 1.29 is 4.79 Å². The molecule has 0 bridgehead atoms. The summed E-state index contributed by atoms with van der Waals surface area (Å²) in [4.78, 5) is 17.5. The maximum absolute atomic E-state index is 11.8. The standard InChI is InChI=1S/C12H16N4O/c1-4-16(3)12(17)9(2)14-11-7-5-6-10(8-13)15-11/h5-7,9H,4H2,1-3H3,(H,14,15).